The molecular weight excluding hydrogens is 243 g/mol. The zero-order chi connectivity index (χ0) is 13.6. The van der Waals surface area contributed by atoms with Gasteiger partial charge in [0.25, 0.3) is 0 Å². The lowest BCUT2D eigenvalue weighted by molar-refractivity contribution is -0.138. The molecule has 0 aromatic heterocycles. The Morgan fingerprint density at radius 3 is 2.56 bits per heavy atom. The fourth-order valence-electron chi connectivity index (χ4n) is 1.62. The largest absolute Gasteiger partial charge is 0.416 e. The van der Waals surface area contributed by atoms with Gasteiger partial charge in [-0.3, -0.25) is 0 Å². The molecule has 0 amide bonds. The maximum absolute atomic E-state index is 12.7. The Hall–Kier alpha value is -1.23. The first-order chi connectivity index (χ1) is 8.45. The van der Waals surface area contributed by atoms with Crippen molar-refractivity contribution in [2.75, 3.05) is 12.3 Å². The van der Waals surface area contributed by atoms with E-state index in [1.54, 1.807) is 0 Å². The summed E-state index contributed by atoms with van der Waals surface area (Å²) >= 11 is 0. The van der Waals surface area contributed by atoms with Gasteiger partial charge in [-0.15, -0.1) is 0 Å². The van der Waals surface area contributed by atoms with E-state index < -0.39 is 11.7 Å². The highest BCUT2D eigenvalue weighted by Gasteiger charge is 2.33. The molecule has 0 heterocycles. The summed E-state index contributed by atoms with van der Waals surface area (Å²) in [6, 6.07) is 3.78. The van der Waals surface area contributed by atoms with E-state index in [0.29, 0.717) is 6.61 Å². The lowest BCUT2D eigenvalue weighted by Gasteiger charge is -2.13. The number of rotatable bonds is 6. The third kappa shape index (κ3) is 4.56. The molecular formula is C13H18F3NO. The first-order valence-corrected chi connectivity index (χ1v) is 5.98. The molecule has 0 spiro atoms. The van der Waals surface area contributed by atoms with Crippen molar-refractivity contribution in [3.05, 3.63) is 29.3 Å². The van der Waals surface area contributed by atoms with Crippen LogP contribution < -0.4 is 5.73 Å². The summed E-state index contributed by atoms with van der Waals surface area (Å²) in [4.78, 5) is 0. The Kier molecular flexibility index (Phi) is 5.47. The summed E-state index contributed by atoms with van der Waals surface area (Å²) in [6.07, 6.45) is -1.45. The summed E-state index contributed by atoms with van der Waals surface area (Å²) < 4.78 is 43.5. The highest BCUT2D eigenvalue weighted by Crippen LogP contribution is 2.33. The summed E-state index contributed by atoms with van der Waals surface area (Å²) in [5.41, 5.74) is 4.91. The molecule has 0 saturated heterocycles. The van der Waals surface area contributed by atoms with Gasteiger partial charge in [-0.25, -0.2) is 0 Å². The molecule has 1 aromatic carbocycles. The van der Waals surface area contributed by atoms with E-state index in [-0.39, 0.29) is 17.9 Å². The molecule has 0 radical (unpaired) electrons. The quantitative estimate of drug-likeness (QED) is 0.620. The van der Waals surface area contributed by atoms with E-state index in [4.69, 9.17) is 10.5 Å². The first-order valence-electron chi connectivity index (χ1n) is 5.98. The smallest absolute Gasteiger partial charge is 0.399 e. The van der Waals surface area contributed by atoms with Crippen LogP contribution in [0.1, 0.15) is 37.3 Å². The molecule has 0 aliphatic rings. The summed E-state index contributed by atoms with van der Waals surface area (Å²) in [7, 11) is 0. The first kappa shape index (κ1) is 14.8. The SMILES string of the molecule is CCCCCOCc1ccc(N)cc1C(F)(F)F. The van der Waals surface area contributed by atoms with Crippen molar-refractivity contribution in [1.29, 1.82) is 0 Å². The second kappa shape index (κ2) is 6.64. The minimum atomic E-state index is -4.39. The molecule has 2 N–H and O–H groups in total. The van der Waals surface area contributed by atoms with Crippen LogP contribution in [0.2, 0.25) is 0 Å². The van der Waals surface area contributed by atoms with Crippen LogP contribution in [0.25, 0.3) is 0 Å². The molecule has 18 heavy (non-hydrogen) atoms. The maximum Gasteiger partial charge on any atom is 0.416 e. The van der Waals surface area contributed by atoms with Gasteiger partial charge in [0.1, 0.15) is 0 Å². The Balaban J connectivity index is 2.65. The third-order valence-corrected chi connectivity index (χ3v) is 2.59. The zero-order valence-electron chi connectivity index (χ0n) is 10.4. The van der Waals surface area contributed by atoms with Crippen molar-refractivity contribution in [1.82, 2.24) is 0 Å². The topological polar surface area (TPSA) is 35.2 Å². The van der Waals surface area contributed by atoms with Crippen LogP contribution in [0.4, 0.5) is 18.9 Å². The Morgan fingerprint density at radius 1 is 1.22 bits per heavy atom. The van der Waals surface area contributed by atoms with Crippen molar-refractivity contribution in [3.63, 3.8) is 0 Å². The number of benzene rings is 1. The summed E-state index contributed by atoms with van der Waals surface area (Å²) in [5, 5.41) is 0. The monoisotopic (exact) mass is 261 g/mol. The van der Waals surface area contributed by atoms with Crippen LogP contribution in [0, 0.1) is 0 Å². The van der Waals surface area contributed by atoms with Gasteiger partial charge in [-0.05, 0) is 24.1 Å². The summed E-state index contributed by atoms with van der Waals surface area (Å²) in [6.45, 7) is 2.51. The van der Waals surface area contributed by atoms with Crippen molar-refractivity contribution in [2.45, 2.75) is 39.0 Å². The van der Waals surface area contributed by atoms with Gasteiger partial charge in [0.05, 0.1) is 12.2 Å². The van der Waals surface area contributed by atoms with Crippen molar-refractivity contribution < 1.29 is 17.9 Å². The Morgan fingerprint density at radius 2 is 1.94 bits per heavy atom. The lowest BCUT2D eigenvalue weighted by atomic mass is 10.1. The third-order valence-electron chi connectivity index (χ3n) is 2.59. The van der Waals surface area contributed by atoms with Gasteiger partial charge < -0.3 is 10.5 Å². The van der Waals surface area contributed by atoms with E-state index in [1.807, 2.05) is 0 Å². The molecule has 0 atom stereocenters. The van der Waals surface area contributed by atoms with Gasteiger partial charge in [0.15, 0.2) is 0 Å². The molecule has 2 nitrogen and oxygen atoms in total. The number of hydrogen-bond donors (Lipinski definition) is 1. The van der Waals surface area contributed by atoms with Gasteiger partial charge in [0.2, 0.25) is 0 Å². The predicted octanol–water partition coefficient (Wildman–Crippen LogP) is 3.99. The van der Waals surface area contributed by atoms with Gasteiger partial charge in [-0.2, -0.15) is 13.2 Å². The molecule has 0 aliphatic heterocycles. The Labute approximate surface area is 105 Å². The summed E-state index contributed by atoms with van der Waals surface area (Å²) in [5.74, 6) is 0. The predicted molar refractivity (Wildman–Crippen MR) is 65.0 cm³/mol. The molecule has 1 rings (SSSR count). The number of unbranched alkanes of at least 4 members (excludes halogenated alkanes) is 2. The van der Waals surface area contributed by atoms with E-state index >= 15 is 0 Å². The molecule has 0 bridgehead atoms. The second-order valence-electron chi connectivity index (χ2n) is 4.17. The van der Waals surface area contributed by atoms with Crippen molar-refractivity contribution in [2.24, 2.45) is 0 Å². The molecule has 0 fully saturated rings. The van der Waals surface area contributed by atoms with E-state index in [9.17, 15) is 13.2 Å². The van der Waals surface area contributed by atoms with Crippen LogP contribution in [0.3, 0.4) is 0 Å². The van der Waals surface area contributed by atoms with Crippen LogP contribution >= 0.6 is 0 Å². The van der Waals surface area contributed by atoms with Crippen LogP contribution in [0.5, 0.6) is 0 Å². The van der Waals surface area contributed by atoms with Gasteiger partial charge in [-0.1, -0.05) is 25.8 Å². The number of hydrogen-bond acceptors (Lipinski definition) is 2. The number of nitrogen functional groups attached to an aromatic ring is 1. The lowest BCUT2D eigenvalue weighted by Crippen LogP contribution is -2.11. The zero-order valence-corrected chi connectivity index (χ0v) is 10.4. The van der Waals surface area contributed by atoms with Crippen LogP contribution in [0.15, 0.2) is 18.2 Å². The fraction of sp³-hybridized carbons (Fsp3) is 0.538. The normalized spacial score (nSPS) is 11.8. The molecule has 5 heteroatoms. The van der Waals surface area contributed by atoms with Gasteiger partial charge in [0, 0.05) is 12.3 Å². The highest BCUT2D eigenvalue weighted by atomic mass is 19.4. The average Bonchev–Trinajstić information content (AvgIpc) is 2.29. The molecule has 0 saturated carbocycles. The maximum atomic E-state index is 12.7. The Bertz CT molecular complexity index is 377. The van der Waals surface area contributed by atoms with Crippen molar-refractivity contribution in [3.8, 4) is 0 Å². The molecule has 1 aromatic rings. The molecule has 0 aliphatic carbocycles. The number of anilines is 1. The highest BCUT2D eigenvalue weighted by molar-refractivity contribution is 5.45. The fourth-order valence-corrected chi connectivity index (χ4v) is 1.62. The second-order valence-corrected chi connectivity index (χ2v) is 4.17. The van der Waals surface area contributed by atoms with E-state index in [0.717, 1.165) is 25.3 Å². The van der Waals surface area contributed by atoms with Crippen LogP contribution in [-0.2, 0) is 17.5 Å². The molecule has 102 valence electrons. The number of alkyl halides is 3. The van der Waals surface area contributed by atoms with Crippen molar-refractivity contribution >= 4 is 5.69 Å². The molecule has 0 unspecified atom stereocenters. The van der Waals surface area contributed by atoms with Gasteiger partial charge >= 0.3 is 6.18 Å². The van der Waals surface area contributed by atoms with Crippen LogP contribution in [-0.4, -0.2) is 6.61 Å². The average molecular weight is 261 g/mol. The van der Waals surface area contributed by atoms with E-state index in [1.165, 1.54) is 12.1 Å². The number of ether oxygens (including phenoxy) is 1. The minimum absolute atomic E-state index is 0.0289. The number of halogens is 3. The standard InChI is InChI=1S/C13H18F3NO/c1-2-3-4-7-18-9-10-5-6-11(17)8-12(10)13(14,15)16/h5-6,8H,2-4,7,9,17H2,1H3. The van der Waals surface area contributed by atoms with E-state index in [2.05, 4.69) is 6.92 Å². The minimum Gasteiger partial charge on any atom is -0.399 e. The number of nitrogens with two attached hydrogens (primary N) is 1.